The molecule has 2 aromatic rings. The van der Waals surface area contributed by atoms with E-state index in [0.717, 1.165) is 17.4 Å². The van der Waals surface area contributed by atoms with E-state index in [1.54, 1.807) is 0 Å². The van der Waals surface area contributed by atoms with E-state index in [2.05, 4.69) is 51.2 Å². The maximum absolute atomic E-state index is 5.84. The Morgan fingerprint density at radius 2 is 2.15 bits per heavy atom. The van der Waals surface area contributed by atoms with Crippen LogP contribution in [0.25, 0.3) is 0 Å². The number of nitrogens with zero attached hydrogens (tertiary/aromatic N) is 3. The number of aromatic nitrogens is 2. The molecule has 4 nitrogen and oxygen atoms in total. The molecule has 0 radical (unpaired) electrons. The van der Waals surface area contributed by atoms with Crippen LogP contribution in [0.2, 0.25) is 0 Å². The quantitative estimate of drug-likeness (QED) is 0.913. The van der Waals surface area contributed by atoms with Gasteiger partial charge in [0.2, 0.25) is 0 Å². The monoisotopic (exact) mass is 336 g/mol. The Kier molecular flexibility index (Phi) is 4.83. The molecule has 0 bridgehead atoms. The van der Waals surface area contributed by atoms with Gasteiger partial charge in [-0.1, -0.05) is 6.07 Å². The topological polar surface area (TPSA) is 47.1 Å². The highest BCUT2D eigenvalue weighted by atomic mass is 79.9. The van der Waals surface area contributed by atoms with Crippen LogP contribution in [0.5, 0.6) is 0 Å². The molecule has 108 valence electrons. The zero-order chi connectivity index (χ0) is 14.7. The maximum atomic E-state index is 5.84. The fourth-order valence-electron chi connectivity index (χ4n) is 2.27. The average Bonchev–Trinajstić information content (AvgIpc) is 2.73. The highest BCUT2D eigenvalue weighted by Crippen LogP contribution is 2.28. The van der Waals surface area contributed by atoms with Gasteiger partial charge in [0, 0.05) is 42.9 Å². The fraction of sp³-hybridized carbons (Fsp3) is 0.400. The minimum atomic E-state index is 0.181. The second-order valence-corrected chi connectivity index (χ2v) is 6.20. The maximum Gasteiger partial charge on any atom is 0.0539 e. The van der Waals surface area contributed by atoms with E-state index >= 15 is 0 Å². The van der Waals surface area contributed by atoms with Crippen LogP contribution in [0, 0.1) is 0 Å². The SMILES string of the molecule is CC(N)Cc1ccc(N(C)Cc2cnn(C)c2)c(Br)c1. The molecular weight excluding hydrogens is 316 g/mol. The van der Waals surface area contributed by atoms with E-state index in [1.807, 2.05) is 31.0 Å². The number of anilines is 1. The van der Waals surface area contributed by atoms with Crippen molar-refractivity contribution < 1.29 is 0 Å². The summed E-state index contributed by atoms with van der Waals surface area (Å²) in [6.45, 7) is 2.86. The lowest BCUT2D eigenvalue weighted by Gasteiger charge is -2.21. The number of rotatable bonds is 5. The molecule has 0 aliphatic rings. The molecule has 0 saturated carbocycles. The Balaban J connectivity index is 2.11. The highest BCUT2D eigenvalue weighted by molar-refractivity contribution is 9.10. The molecule has 1 heterocycles. The van der Waals surface area contributed by atoms with Crippen molar-refractivity contribution in [3.05, 3.63) is 46.2 Å². The van der Waals surface area contributed by atoms with Crippen molar-refractivity contribution in [1.29, 1.82) is 0 Å². The smallest absolute Gasteiger partial charge is 0.0539 e. The van der Waals surface area contributed by atoms with Crippen LogP contribution in [0.1, 0.15) is 18.1 Å². The number of benzene rings is 1. The van der Waals surface area contributed by atoms with Crippen molar-refractivity contribution >= 4 is 21.6 Å². The Bertz CT molecular complexity index is 577. The molecule has 0 spiro atoms. The molecule has 0 fully saturated rings. The van der Waals surface area contributed by atoms with Gasteiger partial charge in [-0.3, -0.25) is 4.68 Å². The summed E-state index contributed by atoms with van der Waals surface area (Å²) >= 11 is 3.65. The van der Waals surface area contributed by atoms with E-state index in [-0.39, 0.29) is 6.04 Å². The predicted molar refractivity (Wildman–Crippen MR) is 86.8 cm³/mol. The Labute approximate surface area is 128 Å². The van der Waals surface area contributed by atoms with Gasteiger partial charge in [0.25, 0.3) is 0 Å². The molecule has 2 N–H and O–H groups in total. The second kappa shape index (κ2) is 6.41. The van der Waals surface area contributed by atoms with E-state index in [0.29, 0.717) is 0 Å². The summed E-state index contributed by atoms with van der Waals surface area (Å²) in [6.07, 6.45) is 4.83. The molecule has 0 aliphatic carbocycles. The lowest BCUT2D eigenvalue weighted by molar-refractivity contribution is 0.737. The molecule has 1 aromatic carbocycles. The summed E-state index contributed by atoms with van der Waals surface area (Å²) in [5, 5.41) is 4.20. The van der Waals surface area contributed by atoms with Crippen molar-refractivity contribution in [1.82, 2.24) is 9.78 Å². The molecule has 1 aromatic heterocycles. The number of halogens is 1. The third-order valence-corrected chi connectivity index (χ3v) is 3.79. The molecule has 1 atom stereocenters. The van der Waals surface area contributed by atoms with Crippen molar-refractivity contribution in [3.8, 4) is 0 Å². The number of hydrogen-bond donors (Lipinski definition) is 1. The number of hydrogen-bond acceptors (Lipinski definition) is 3. The van der Waals surface area contributed by atoms with Gasteiger partial charge in [-0.05, 0) is 47.0 Å². The van der Waals surface area contributed by atoms with E-state index in [4.69, 9.17) is 5.73 Å². The van der Waals surface area contributed by atoms with Crippen molar-refractivity contribution in [2.45, 2.75) is 25.9 Å². The van der Waals surface area contributed by atoms with Crippen molar-refractivity contribution in [2.24, 2.45) is 12.8 Å². The summed E-state index contributed by atoms with van der Waals surface area (Å²) < 4.78 is 2.92. The van der Waals surface area contributed by atoms with Gasteiger partial charge in [0.1, 0.15) is 0 Å². The molecule has 2 rings (SSSR count). The van der Waals surface area contributed by atoms with Crippen molar-refractivity contribution in [2.75, 3.05) is 11.9 Å². The van der Waals surface area contributed by atoms with Crippen LogP contribution in [0.3, 0.4) is 0 Å². The Morgan fingerprint density at radius 1 is 1.40 bits per heavy atom. The molecule has 1 unspecified atom stereocenters. The van der Waals surface area contributed by atoms with Crippen LogP contribution in [-0.2, 0) is 20.0 Å². The normalized spacial score (nSPS) is 12.4. The van der Waals surface area contributed by atoms with E-state index < -0.39 is 0 Å². The Hall–Kier alpha value is -1.33. The van der Waals surface area contributed by atoms with Gasteiger partial charge < -0.3 is 10.6 Å². The van der Waals surface area contributed by atoms with Crippen LogP contribution >= 0.6 is 15.9 Å². The van der Waals surface area contributed by atoms with Crippen LogP contribution < -0.4 is 10.6 Å². The second-order valence-electron chi connectivity index (χ2n) is 5.35. The van der Waals surface area contributed by atoms with Crippen molar-refractivity contribution in [3.63, 3.8) is 0 Å². The Morgan fingerprint density at radius 3 is 2.70 bits per heavy atom. The predicted octanol–water partition coefficient (Wildman–Crippen LogP) is 2.71. The van der Waals surface area contributed by atoms with Gasteiger partial charge in [-0.15, -0.1) is 0 Å². The first-order valence-electron chi connectivity index (χ1n) is 6.68. The third kappa shape index (κ3) is 3.84. The molecule has 0 saturated heterocycles. The van der Waals surface area contributed by atoms with Gasteiger partial charge in [0.05, 0.1) is 11.9 Å². The summed E-state index contributed by atoms with van der Waals surface area (Å²) in [4.78, 5) is 2.21. The number of aryl methyl sites for hydroxylation is 1. The fourth-order valence-corrected chi connectivity index (χ4v) is 3.00. The minimum Gasteiger partial charge on any atom is -0.369 e. The van der Waals surface area contributed by atoms with Gasteiger partial charge in [0.15, 0.2) is 0 Å². The van der Waals surface area contributed by atoms with Crippen LogP contribution in [0.4, 0.5) is 5.69 Å². The van der Waals surface area contributed by atoms with E-state index in [1.165, 1.54) is 16.8 Å². The summed E-state index contributed by atoms with van der Waals surface area (Å²) in [5.41, 5.74) is 9.46. The zero-order valence-corrected chi connectivity index (χ0v) is 13.8. The first-order valence-corrected chi connectivity index (χ1v) is 7.47. The van der Waals surface area contributed by atoms with Gasteiger partial charge in [-0.25, -0.2) is 0 Å². The first-order chi connectivity index (χ1) is 9.45. The van der Waals surface area contributed by atoms with Gasteiger partial charge in [-0.2, -0.15) is 5.10 Å². The minimum absolute atomic E-state index is 0.181. The van der Waals surface area contributed by atoms with Crippen LogP contribution in [-0.4, -0.2) is 22.9 Å². The molecule has 0 amide bonds. The summed E-state index contributed by atoms with van der Waals surface area (Å²) in [7, 11) is 4.01. The van der Waals surface area contributed by atoms with Crippen LogP contribution in [0.15, 0.2) is 35.1 Å². The highest BCUT2D eigenvalue weighted by Gasteiger charge is 2.09. The standard InChI is InChI=1S/C15H21BrN4/c1-11(17)6-12-4-5-15(14(16)7-12)19(2)9-13-8-18-20(3)10-13/h4-5,7-8,10-11H,6,9,17H2,1-3H3. The summed E-state index contributed by atoms with van der Waals surface area (Å²) in [5.74, 6) is 0. The molecule has 0 aliphatic heterocycles. The summed E-state index contributed by atoms with van der Waals surface area (Å²) in [6, 6.07) is 6.61. The third-order valence-electron chi connectivity index (χ3n) is 3.16. The lowest BCUT2D eigenvalue weighted by Crippen LogP contribution is -2.19. The lowest BCUT2D eigenvalue weighted by atomic mass is 10.1. The first kappa shape index (κ1) is 15.1. The van der Waals surface area contributed by atoms with Gasteiger partial charge >= 0.3 is 0 Å². The van der Waals surface area contributed by atoms with E-state index in [9.17, 15) is 0 Å². The average molecular weight is 337 g/mol. The number of nitrogens with two attached hydrogens (primary N) is 1. The molecular formula is C15H21BrN4. The zero-order valence-electron chi connectivity index (χ0n) is 12.2. The largest absolute Gasteiger partial charge is 0.369 e. The molecule has 5 heteroatoms. The molecule has 20 heavy (non-hydrogen) atoms.